The van der Waals surface area contributed by atoms with Crippen molar-refractivity contribution in [1.29, 1.82) is 0 Å². The van der Waals surface area contributed by atoms with Gasteiger partial charge in [-0.25, -0.2) is 4.79 Å². The van der Waals surface area contributed by atoms with Gasteiger partial charge in [-0.05, 0) is 15.4 Å². The number of benzene rings is 2. The minimum absolute atomic E-state index is 0.0599. The topological polar surface area (TPSA) is 119 Å². The third-order valence-corrected chi connectivity index (χ3v) is 12.6. The summed E-state index contributed by atoms with van der Waals surface area (Å²) in [6.07, 6.45) is 1.12. The Morgan fingerprint density at radius 2 is 0.750 bits per heavy atom. The van der Waals surface area contributed by atoms with E-state index in [-0.39, 0.29) is 11.6 Å². The SMILES string of the molecule is C=CC(=O)OCCOCCOCCOCCOCCOCCOCCOCCOCCOCCO[Si](c1ccccc1)(c1ccccc1)C(C)(C)C. The molecule has 2 rings (SSSR count). The highest BCUT2D eigenvalue weighted by Crippen LogP contribution is 2.36. The van der Waals surface area contributed by atoms with E-state index in [1.807, 2.05) is 0 Å². The fourth-order valence-corrected chi connectivity index (χ4v) is 9.68. The van der Waals surface area contributed by atoms with Crippen molar-refractivity contribution in [2.24, 2.45) is 0 Å². The number of carbonyl (C=O) groups is 1. The number of hydrogen-bond donors (Lipinski definition) is 0. The van der Waals surface area contributed by atoms with E-state index in [1.54, 1.807) is 0 Å². The van der Waals surface area contributed by atoms with E-state index < -0.39 is 14.3 Å². The number of carbonyl (C=O) groups excluding carboxylic acids is 1. The van der Waals surface area contributed by atoms with Crippen LogP contribution in [0.4, 0.5) is 0 Å². The Labute approximate surface area is 312 Å². The third-order valence-electron chi connectivity index (χ3n) is 7.58. The van der Waals surface area contributed by atoms with Crippen LogP contribution >= 0.6 is 0 Å². The van der Waals surface area contributed by atoms with Gasteiger partial charge in [0.1, 0.15) is 6.61 Å². The molecule has 0 amide bonds. The molecule has 13 heteroatoms. The second kappa shape index (κ2) is 29.9. The molecule has 0 unspecified atom stereocenters. The smallest absolute Gasteiger partial charge is 0.330 e. The molecule has 0 saturated heterocycles. The summed E-state index contributed by atoms with van der Waals surface area (Å²) >= 11 is 0. The molecule has 0 spiro atoms. The van der Waals surface area contributed by atoms with Crippen LogP contribution in [0, 0.1) is 0 Å². The average Bonchev–Trinajstić information content (AvgIpc) is 3.15. The molecule has 0 aromatic heterocycles. The van der Waals surface area contributed by atoms with Gasteiger partial charge in [0.15, 0.2) is 0 Å². The van der Waals surface area contributed by atoms with Crippen LogP contribution in [-0.2, 0) is 56.6 Å². The molecule has 0 N–H and O–H groups in total. The number of ether oxygens (including phenoxy) is 10. The Morgan fingerprint density at radius 1 is 0.481 bits per heavy atom. The van der Waals surface area contributed by atoms with Crippen molar-refractivity contribution >= 4 is 24.7 Å². The van der Waals surface area contributed by atoms with Gasteiger partial charge in [-0.3, -0.25) is 0 Å². The largest absolute Gasteiger partial charge is 0.460 e. The number of esters is 1. The number of rotatable bonds is 34. The molecular formula is C39H62O12Si. The maximum Gasteiger partial charge on any atom is 0.330 e. The van der Waals surface area contributed by atoms with E-state index in [1.165, 1.54) is 10.4 Å². The maximum absolute atomic E-state index is 10.9. The van der Waals surface area contributed by atoms with Gasteiger partial charge in [0.25, 0.3) is 8.32 Å². The molecule has 0 bridgehead atoms. The quantitative estimate of drug-likeness (QED) is 0.0452. The highest BCUT2D eigenvalue weighted by molar-refractivity contribution is 6.99. The lowest BCUT2D eigenvalue weighted by atomic mass is 10.2. The van der Waals surface area contributed by atoms with Gasteiger partial charge in [-0.15, -0.1) is 0 Å². The molecule has 0 aliphatic rings. The summed E-state index contributed by atoms with van der Waals surface area (Å²) < 4.78 is 61.3. The second-order valence-electron chi connectivity index (χ2n) is 12.4. The van der Waals surface area contributed by atoms with Gasteiger partial charge >= 0.3 is 5.97 Å². The zero-order chi connectivity index (χ0) is 37.4. The van der Waals surface area contributed by atoms with Gasteiger partial charge in [0.2, 0.25) is 0 Å². The maximum atomic E-state index is 10.9. The normalized spacial score (nSPS) is 11.9. The Morgan fingerprint density at radius 3 is 1.02 bits per heavy atom. The Hall–Kier alpha value is -2.53. The van der Waals surface area contributed by atoms with Gasteiger partial charge in [0.05, 0.1) is 126 Å². The molecular weight excluding hydrogens is 689 g/mol. The summed E-state index contributed by atoms with van der Waals surface area (Å²) in [5.41, 5.74) is 0. The molecule has 0 fully saturated rings. The fraction of sp³-hybridized carbons (Fsp3) is 0.615. The first-order valence-corrected chi connectivity index (χ1v) is 20.1. The number of hydrogen-bond acceptors (Lipinski definition) is 12. The van der Waals surface area contributed by atoms with Gasteiger partial charge in [-0.2, -0.15) is 0 Å². The van der Waals surface area contributed by atoms with Crippen molar-refractivity contribution in [2.75, 3.05) is 132 Å². The zero-order valence-corrected chi connectivity index (χ0v) is 32.6. The van der Waals surface area contributed by atoms with Crippen molar-refractivity contribution in [3.63, 3.8) is 0 Å². The molecule has 12 nitrogen and oxygen atoms in total. The average molecular weight is 751 g/mol. The summed E-state index contributed by atoms with van der Waals surface area (Å²) in [6, 6.07) is 21.2. The van der Waals surface area contributed by atoms with E-state index in [0.29, 0.717) is 126 Å². The molecule has 294 valence electrons. The summed E-state index contributed by atoms with van der Waals surface area (Å²) in [4.78, 5) is 10.9. The Balaban J connectivity index is 1.33. The Kier molecular flexibility index (Phi) is 26.2. The predicted molar refractivity (Wildman–Crippen MR) is 202 cm³/mol. The van der Waals surface area contributed by atoms with E-state index in [0.717, 1.165) is 6.08 Å². The third kappa shape index (κ3) is 20.1. The zero-order valence-electron chi connectivity index (χ0n) is 31.6. The molecule has 52 heavy (non-hydrogen) atoms. The van der Waals surface area contributed by atoms with Crippen molar-refractivity contribution in [2.45, 2.75) is 25.8 Å². The van der Waals surface area contributed by atoms with E-state index in [4.69, 9.17) is 51.8 Å². The molecule has 0 radical (unpaired) electrons. The van der Waals surface area contributed by atoms with E-state index in [2.05, 4.69) is 88.0 Å². The summed E-state index contributed by atoms with van der Waals surface area (Å²) in [5, 5.41) is 2.47. The lowest BCUT2D eigenvalue weighted by molar-refractivity contribution is -0.139. The lowest BCUT2D eigenvalue weighted by Gasteiger charge is -2.43. The van der Waals surface area contributed by atoms with Crippen molar-refractivity contribution < 1.29 is 56.6 Å². The van der Waals surface area contributed by atoms with Crippen LogP contribution in [0.1, 0.15) is 20.8 Å². The predicted octanol–water partition coefficient (Wildman–Crippen LogP) is 3.44. The molecule has 2 aromatic rings. The first-order valence-electron chi connectivity index (χ1n) is 18.2. The minimum atomic E-state index is -2.54. The van der Waals surface area contributed by atoms with Crippen molar-refractivity contribution in [3.8, 4) is 0 Å². The van der Waals surface area contributed by atoms with Crippen LogP contribution in [0.3, 0.4) is 0 Å². The molecule has 2 aromatic carbocycles. The van der Waals surface area contributed by atoms with Crippen LogP contribution in [0.2, 0.25) is 5.04 Å². The molecule has 0 aliphatic carbocycles. The minimum Gasteiger partial charge on any atom is -0.460 e. The first-order chi connectivity index (χ1) is 25.4. The summed E-state index contributed by atoms with van der Waals surface area (Å²) in [6.45, 7) is 19.4. The van der Waals surface area contributed by atoms with Crippen LogP contribution in [0.15, 0.2) is 73.3 Å². The lowest BCUT2D eigenvalue weighted by Crippen LogP contribution is -2.66. The fourth-order valence-electron chi connectivity index (χ4n) is 5.14. The van der Waals surface area contributed by atoms with Gasteiger partial charge in [-0.1, -0.05) is 88.0 Å². The van der Waals surface area contributed by atoms with E-state index >= 15 is 0 Å². The highest BCUT2D eigenvalue weighted by Gasteiger charge is 2.50. The van der Waals surface area contributed by atoms with Crippen molar-refractivity contribution in [3.05, 3.63) is 73.3 Å². The first kappa shape index (κ1) is 45.6. The highest BCUT2D eigenvalue weighted by atomic mass is 28.4. The van der Waals surface area contributed by atoms with Crippen LogP contribution in [-0.4, -0.2) is 146 Å². The van der Waals surface area contributed by atoms with Crippen LogP contribution < -0.4 is 10.4 Å². The standard InChI is InChI=1S/C39H62O12Si/c1-5-38(40)50-34-32-48-30-28-46-26-24-44-22-20-42-18-16-41-17-19-43-21-23-45-25-27-47-29-31-49-33-35-51-52(39(2,3)4,36-12-8-6-9-13-36)37-14-10-7-11-15-37/h5-15H,1,16-35H2,2-4H3. The second-order valence-corrected chi connectivity index (χ2v) is 16.7. The van der Waals surface area contributed by atoms with Gasteiger partial charge < -0.3 is 51.8 Å². The van der Waals surface area contributed by atoms with E-state index in [9.17, 15) is 4.79 Å². The molecule has 0 heterocycles. The van der Waals surface area contributed by atoms with Crippen molar-refractivity contribution in [1.82, 2.24) is 0 Å². The van der Waals surface area contributed by atoms with Gasteiger partial charge in [0, 0.05) is 6.08 Å². The van der Waals surface area contributed by atoms with Crippen LogP contribution in [0.5, 0.6) is 0 Å². The monoisotopic (exact) mass is 750 g/mol. The summed E-state index contributed by atoms with van der Waals surface area (Å²) in [7, 11) is -2.54. The Bertz CT molecular complexity index is 1090. The molecule has 0 atom stereocenters. The molecule has 0 saturated carbocycles. The molecule has 0 aliphatic heterocycles. The van der Waals surface area contributed by atoms with Crippen LogP contribution in [0.25, 0.3) is 0 Å². The summed E-state index contributed by atoms with van der Waals surface area (Å²) in [5.74, 6) is -0.459.